The Hall–Kier alpha value is -2.41. The van der Waals surface area contributed by atoms with Crippen molar-refractivity contribution >= 4 is 23.5 Å². The van der Waals surface area contributed by atoms with Gasteiger partial charge in [-0.2, -0.15) is 0 Å². The molecule has 0 aromatic heterocycles. The van der Waals surface area contributed by atoms with E-state index < -0.39 is 23.4 Å². The molecule has 1 saturated carbocycles. The number of benzene rings is 1. The predicted molar refractivity (Wildman–Crippen MR) is 94.6 cm³/mol. The minimum Gasteiger partial charge on any atom is -0.384 e. The Labute approximate surface area is 152 Å². The second-order valence-electron chi connectivity index (χ2n) is 7.52. The van der Waals surface area contributed by atoms with E-state index in [1.165, 1.54) is 4.90 Å². The van der Waals surface area contributed by atoms with Crippen molar-refractivity contribution in [3.63, 3.8) is 0 Å². The fraction of sp³-hybridized carbons (Fsp3) is 0.526. The number of carbonyl (C=O) groups is 3. The van der Waals surface area contributed by atoms with E-state index in [4.69, 9.17) is 10.5 Å². The van der Waals surface area contributed by atoms with Gasteiger partial charge in [0.25, 0.3) is 11.8 Å². The molecule has 1 atom stereocenters. The number of carbonyl (C=O) groups excluding carboxylic acids is 3. The van der Waals surface area contributed by atoms with Crippen LogP contribution in [0, 0.1) is 0 Å². The molecule has 0 unspecified atom stereocenters. The summed E-state index contributed by atoms with van der Waals surface area (Å²) in [6, 6.07) is 6.97. The number of rotatable bonds is 5. The van der Waals surface area contributed by atoms with Crippen molar-refractivity contribution in [2.24, 2.45) is 5.73 Å². The number of piperidine rings is 1. The number of fused-ring (bicyclic) bond motifs is 1. The zero-order chi connectivity index (χ0) is 18.5. The van der Waals surface area contributed by atoms with Gasteiger partial charge in [-0.3, -0.25) is 9.59 Å². The highest BCUT2D eigenvalue weighted by Gasteiger charge is 2.62. The smallest absolute Gasteiger partial charge is 0.332 e. The normalized spacial score (nSPS) is 26.8. The largest absolute Gasteiger partial charge is 0.384 e. The summed E-state index contributed by atoms with van der Waals surface area (Å²) in [6.07, 6.45) is 3.89. The molecule has 1 aromatic rings. The summed E-state index contributed by atoms with van der Waals surface area (Å²) in [5, 5.41) is 0. The number of urea groups is 1. The number of hydrogen-bond donors (Lipinski definition) is 1. The van der Waals surface area contributed by atoms with E-state index in [2.05, 4.69) is 0 Å². The standard InChI is InChI=1S/C19H23N3O4/c1-26-12-18(9-10-18)13-4-6-14(7-5-13)22-16(24)19(15(20)23)8-2-3-11-21(19)17(22)25/h4-7H,2-3,8-12H2,1H3,(H2,20,23)/t19-/m0/s1. The fourth-order valence-corrected chi connectivity index (χ4v) is 4.35. The number of nitrogens with zero attached hydrogens (tertiary/aromatic N) is 2. The first-order valence-corrected chi connectivity index (χ1v) is 9.02. The van der Waals surface area contributed by atoms with Gasteiger partial charge in [0.1, 0.15) is 0 Å². The van der Waals surface area contributed by atoms with Gasteiger partial charge in [0.05, 0.1) is 12.3 Å². The summed E-state index contributed by atoms with van der Waals surface area (Å²) >= 11 is 0. The Balaban J connectivity index is 1.67. The van der Waals surface area contributed by atoms with Gasteiger partial charge in [0.2, 0.25) is 5.54 Å². The van der Waals surface area contributed by atoms with Crippen LogP contribution in [0.2, 0.25) is 0 Å². The van der Waals surface area contributed by atoms with E-state index in [0.717, 1.165) is 29.7 Å². The van der Waals surface area contributed by atoms with Gasteiger partial charge in [-0.05, 0) is 49.8 Å². The maximum atomic E-state index is 13.1. The number of amides is 4. The second kappa shape index (κ2) is 5.81. The summed E-state index contributed by atoms with van der Waals surface area (Å²) in [4.78, 5) is 40.5. The quantitative estimate of drug-likeness (QED) is 0.639. The van der Waals surface area contributed by atoms with Crippen LogP contribution in [-0.4, -0.2) is 48.5 Å². The molecular formula is C19H23N3O4. The topological polar surface area (TPSA) is 92.9 Å². The highest BCUT2D eigenvalue weighted by molar-refractivity contribution is 6.30. The number of ether oxygens (including phenoxy) is 1. The third-order valence-corrected chi connectivity index (χ3v) is 6.03. The minimum absolute atomic E-state index is 0.0538. The molecule has 1 aromatic carbocycles. The molecule has 4 amide bonds. The van der Waals surface area contributed by atoms with Gasteiger partial charge < -0.3 is 15.4 Å². The Morgan fingerprint density at radius 2 is 1.85 bits per heavy atom. The zero-order valence-corrected chi connectivity index (χ0v) is 14.9. The number of primary amides is 1. The Morgan fingerprint density at radius 1 is 1.15 bits per heavy atom. The molecule has 0 bridgehead atoms. The lowest BCUT2D eigenvalue weighted by atomic mass is 9.86. The van der Waals surface area contributed by atoms with Crippen LogP contribution in [0.15, 0.2) is 24.3 Å². The van der Waals surface area contributed by atoms with Crippen LogP contribution >= 0.6 is 0 Å². The molecule has 26 heavy (non-hydrogen) atoms. The van der Waals surface area contributed by atoms with E-state index in [-0.39, 0.29) is 5.41 Å². The maximum absolute atomic E-state index is 13.1. The van der Waals surface area contributed by atoms with Crippen molar-refractivity contribution in [3.8, 4) is 0 Å². The average Bonchev–Trinajstić information content (AvgIpc) is 3.38. The molecule has 138 valence electrons. The lowest BCUT2D eigenvalue weighted by molar-refractivity contribution is -0.139. The summed E-state index contributed by atoms with van der Waals surface area (Å²) in [7, 11) is 1.69. The van der Waals surface area contributed by atoms with Crippen LogP contribution in [0.4, 0.5) is 10.5 Å². The van der Waals surface area contributed by atoms with Crippen molar-refractivity contribution in [1.29, 1.82) is 0 Å². The van der Waals surface area contributed by atoms with Crippen molar-refractivity contribution in [2.75, 3.05) is 25.2 Å². The molecular weight excluding hydrogens is 334 g/mol. The number of methoxy groups -OCH3 is 1. The summed E-state index contributed by atoms with van der Waals surface area (Å²) in [5.41, 5.74) is 5.71. The molecule has 0 radical (unpaired) electrons. The molecule has 2 heterocycles. The van der Waals surface area contributed by atoms with E-state index in [1.54, 1.807) is 19.2 Å². The third kappa shape index (κ3) is 2.19. The number of imide groups is 1. The number of nitrogens with two attached hydrogens (primary N) is 1. The van der Waals surface area contributed by atoms with Gasteiger partial charge in [0.15, 0.2) is 0 Å². The van der Waals surface area contributed by atoms with E-state index in [1.807, 2.05) is 12.1 Å². The Kier molecular flexibility index (Phi) is 3.80. The highest BCUT2D eigenvalue weighted by atomic mass is 16.5. The molecule has 7 nitrogen and oxygen atoms in total. The summed E-state index contributed by atoms with van der Waals surface area (Å²) in [6.45, 7) is 1.03. The van der Waals surface area contributed by atoms with E-state index >= 15 is 0 Å². The lowest BCUT2D eigenvalue weighted by Crippen LogP contribution is -2.60. The van der Waals surface area contributed by atoms with Crippen LogP contribution in [0.1, 0.15) is 37.7 Å². The predicted octanol–water partition coefficient (Wildman–Crippen LogP) is 1.54. The molecule has 3 aliphatic rings. The SMILES string of the molecule is COCC1(c2ccc(N3C(=O)N4CCCC[C@]4(C(N)=O)C3=O)cc2)CC1. The van der Waals surface area contributed by atoms with Gasteiger partial charge in [-0.1, -0.05) is 12.1 Å². The first-order valence-electron chi connectivity index (χ1n) is 9.02. The minimum atomic E-state index is -1.53. The van der Waals surface area contributed by atoms with E-state index in [9.17, 15) is 14.4 Å². The maximum Gasteiger partial charge on any atom is 0.332 e. The van der Waals surface area contributed by atoms with Crippen molar-refractivity contribution in [3.05, 3.63) is 29.8 Å². The molecule has 2 saturated heterocycles. The molecule has 2 N–H and O–H groups in total. The zero-order valence-electron chi connectivity index (χ0n) is 14.9. The van der Waals surface area contributed by atoms with Crippen molar-refractivity contribution < 1.29 is 19.1 Å². The van der Waals surface area contributed by atoms with Gasteiger partial charge >= 0.3 is 6.03 Å². The number of hydrogen-bond acceptors (Lipinski definition) is 4. The summed E-state index contributed by atoms with van der Waals surface area (Å²) < 4.78 is 5.31. The molecule has 0 spiro atoms. The van der Waals surface area contributed by atoms with Crippen LogP contribution in [0.5, 0.6) is 0 Å². The van der Waals surface area contributed by atoms with E-state index in [0.29, 0.717) is 31.7 Å². The monoisotopic (exact) mass is 357 g/mol. The van der Waals surface area contributed by atoms with Gasteiger partial charge in [-0.25, -0.2) is 9.69 Å². The Morgan fingerprint density at radius 3 is 2.38 bits per heavy atom. The van der Waals surface area contributed by atoms with Crippen LogP contribution < -0.4 is 10.6 Å². The van der Waals surface area contributed by atoms with Crippen molar-refractivity contribution in [1.82, 2.24) is 4.90 Å². The highest BCUT2D eigenvalue weighted by Crippen LogP contribution is 2.49. The van der Waals surface area contributed by atoms with Gasteiger partial charge in [0, 0.05) is 19.1 Å². The van der Waals surface area contributed by atoms with Crippen LogP contribution in [-0.2, 0) is 19.7 Å². The third-order valence-electron chi connectivity index (χ3n) is 6.03. The molecule has 2 aliphatic heterocycles. The molecule has 3 fully saturated rings. The lowest BCUT2D eigenvalue weighted by Gasteiger charge is -2.35. The van der Waals surface area contributed by atoms with Crippen LogP contribution in [0.25, 0.3) is 0 Å². The fourth-order valence-electron chi connectivity index (χ4n) is 4.35. The summed E-state index contributed by atoms with van der Waals surface area (Å²) in [5.74, 6) is -1.27. The van der Waals surface area contributed by atoms with Crippen LogP contribution in [0.3, 0.4) is 0 Å². The molecule has 4 rings (SSSR count). The first-order chi connectivity index (χ1) is 12.5. The average molecular weight is 357 g/mol. The molecule has 1 aliphatic carbocycles. The second-order valence-corrected chi connectivity index (χ2v) is 7.52. The Bertz CT molecular complexity index is 771. The first kappa shape index (κ1) is 17.0. The number of anilines is 1. The molecule has 7 heteroatoms. The van der Waals surface area contributed by atoms with Gasteiger partial charge in [-0.15, -0.1) is 0 Å². The van der Waals surface area contributed by atoms with Crippen molar-refractivity contribution in [2.45, 2.75) is 43.1 Å².